The Hall–Kier alpha value is -0.700. The Bertz CT molecular complexity index is 214. The van der Waals surface area contributed by atoms with Gasteiger partial charge in [-0.15, -0.1) is 11.6 Å². The number of alkyl halides is 1. The monoisotopic (exact) mass is 133 g/mol. The first-order chi connectivity index (χ1) is 3.83. The van der Waals surface area contributed by atoms with E-state index in [-0.39, 0.29) is 5.88 Å². The van der Waals surface area contributed by atoms with Gasteiger partial charge in [0.25, 0.3) is 0 Å². The highest BCUT2D eigenvalue weighted by atomic mass is 35.5. The Labute approximate surface area is 50.3 Å². The molecule has 1 aromatic heterocycles. The molecule has 0 unspecified atom stereocenters. The standard InChI is InChI=1S/C4H4ClNO2/c5-1-3-2-6-4(7)8-3/h2H,1H2,(H,6,7). The largest absolute Gasteiger partial charge is 0.416 e. The molecule has 1 heterocycles. The second kappa shape index (κ2) is 2.05. The zero-order valence-electron chi connectivity index (χ0n) is 3.98. The Morgan fingerprint density at radius 3 is 2.88 bits per heavy atom. The number of aromatic amines is 1. The van der Waals surface area contributed by atoms with Crippen molar-refractivity contribution in [3.63, 3.8) is 0 Å². The number of nitrogens with one attached hydrogen (secondary N) is 1. The molecular weight excluding hydrogens is 130 g/mol. The van der Waals surface area contributed by atoms with Crippen LogP contribution in [0, 0.1) is 0 Å². The summed E-state index contributed by atoms with van der Waals surface area (Å²) in [5.41, 5.74) is 0. The molecule has 0 aliphatic carbocycles. The van der Waals surface area contributed by atoms with Crippen LogP contribution in [0.2, 0.25) is 0 Å². The van der Waals surface area contributed by atoms with Crippen molar-refractivity contribution in [3.05, 3.63) is 22.5 Å². The quantitative estimate of drug-likeness (QED) is 0.574. The molecule has 0 radical (unpaired) electrons. The molecule has 4 heteroatoms. The molecule has 0 aliphatic heterocycles. The Kier molecular flexibility index (Phi) is 1.39. The van der Waals surface area contributed by atoms with Crippen molar-refractivity contribution in [2.45, 2.75) is 5.88 Å². The summed E-state index contributed by atoms with van der Waals surface area (Å²) in [7, 11) is 0. The minimum atomic E-state index is -0.458. The Balaban J connectivity index is 3.01. The minimum Gasteiger partial charge on any atom is -0.412 e. The Morgan fingerprint density at radius 1 is 1.88 bits per heavy atom. The van der Waals surface area contributed by atoms with Crippen LogP contribution >= 0.6 is 11.6 Å². The van der Waals surface area contributed by atoms with E-state index in [2.05, 4.69) is 9.40 Å². The van der Waals surface area contributed by atoms with E-state index in [1.807, 2.05) is 0 Å². The molecule has 0 aromatic carbocycles. The van der Waals surface area contributed by atoms with E-state index >= 15 is 0 Å². The third-order valence-corrected chi connectivity index (χ3v) is 0.970. The maximum atomic E-state index is 10.2. The fourth-order valence-corrected chi connectivity index (χ4v) is 0.515. The van der Waals surface area contributed by atoms with Gasteiger partial charge in [-0.25, -0.2) is 4.79 Å². The molecule has 0 atom stereocenters. The van der Waals surface area contributed by atoms with Gasteiger partial charge in [0.1, 0.15) is 5.76 Å². The fourth-order valence-electron chi connectivity index (χ4n) is 0.383. The van der Waals surface area contributed by atoms with Gasteiger partial charge in [0.15, 0.2) is 0 Å². The zero-order valence-corrected chi connectivity index (χ0v) is 4.73. The van der Waals surface area contributed by atoms with Gasteiger partial charge in [0, 0.05) is 6.20 Å². The first kappa shape index (κ1) is 5.44. The lowest BCUT2D eigenvalue weighted by Gasteiger charge is -1.75. The third kappa shape index (κ3) is 0.924. The minimum absolute atomic E-state index is 0.235. The summed E-state index contributed by atoms with van der Waals surface area (Å²) in [5, 5.41) is 0. The van der Waals surface area contributed by atoms with Crippen LogP contribution < -0.4 is 5.76 Å². The maximum absolute atomic E-state index is 10.2. The molecule has 0 bridgehead atoms. The van der Waals surface area contributed by atoms with Crippen molar-refractivity contribution >= 4 is 11.6 Å². The summed E-state index contributed by atoms with van der Waals surface area (Å²) < 4.78 is 4.49. The number of halogens is 1. The molecule has 3 nitrogen and oxygen atoms in total. The highest BCUT2D eigenvalue weighted by Crippen LogP contribution is 1.95. The lowest BCUT2D eigenvalue weighted by atomic mass is 10.6. The van der Waals surface area contributed by atoms with Gasteiger partial charge in [-0.2, -0.15) is 0 Å². The summed E-state index contributed by atoms with van der Waals surface area (Å²) in [5.74, 6) is 0.246. The number of aromatic nitrogens is 1. The number of H-pyrrole nitrogens is 1. The van der Waals surface area contributed by atoms with E-state index in [0.29, 0.717) is 5.76 Å². The molecule has 8 heavy (non-hydrogen) atoms. The van der Waals surface area contributed by atoms with Crippen LogP contribution in [-0.2, 0) is 5.88 Å². The van der Waals surface area contributed by atoms with E-state index < -0.39 is 5.76 Å². The topological polar surface area (TPSA) is 46.0 Å². The molecule has 0 saturated carbocycles. The average molecular weight is 134 g/mol. The summed E-state index contributed by atoms with van der Waals surface area (Å²) in [6.07, 6.45) is 1.44. The Morgan fingerprint density at radius 2 is 2.62 bits per heavy atom. The molecular formula is C4H4ClNO2. The van der Waals surface area contributed by atoms with Gasteiger partial charge in [-0.1, -0.05) is 0 Å². The molecule has 0 spiro atoms. The van der Waals surface area contributed by atoms with E-state index in [1.54, 1.807) is 0 Å². The van der Waals surface area contributed by atoms with Crippen LogP contribution in [-0.4, -0.2) is 4.98 Å². The van der Waals surface area contributed by atoms with Gasteiger partial charge >= 0.3 is 5.76 Å². The lowest BCUT2D eigenvalue weighted by Crippen LogP contribution is -1.92. The van der Waals surface area contributed by atoms with Crippen molar-refractivity contribution in [2.75, 3.05) is 0 Å². The normalized spacial score (nSPS) is 9.62. The van der Waals surface area contributed by atoms with Crippen LogP contribution in [0.4, 0.5) is 0 Å². The number of hydrogen-bond donors (Lipinski definition) is 1. The van der Waals surface area contributed by atoms with Crippen molar-refractivity contribution < 1.29 is 4.42 Å². The van der Waals surface area contributed by atoms with Gasteiger partial charge in [0.2, 0.25) is 0 Å². The van der Waals surface area contributed by atoms with Gasteiger partial charge in [0.05, 0.1) is 5.88 Å². The summed E-state index contributed by atoms with van der Waals surface area (Å²) in [6.45, 7) is 0. The van der Waals surface area contributed by atoms with E-state index in [0.717, 1.165) is 0 Å². The first-order valence-electron chi connectivity index (χ1n) is 2.06. The van der Waals surface area contributed by atoms with Crippen LogP contribution in [0.25, 0.3) is 0 Å². The van der Waals surface area contributed by atoms with E-state index in [9.17, 15) is 4.79 Å². The van der Waals surface area contributed by atoms with Crippen molar-refractivity contribution in [1.29, 1.82) is 0 Å². The summed E-state index contributed by atoms with van der Waals surface area (Å²) >= 11 is 5.29. The second-order valence-electron chi connectivity index (χ2n) is 1.28. The molecule has 0 fully saturated rings. The number of oxazole rings is 1. The highest BCUT2D eigenvalue weighted by Gasteiger charge is 1.92. The predicted molar refractivity (Wildman–Crippen MR) is 28.9 cm³/mol. The summed E-state index contributed by atoms with van der Waals surface area (Å²) in [6, 6.07) is 0. The number of hydrogen-bond acceptors (Lipinski definition) is 2. The summed E-state index contributed by atoms with van der Waals surface area (Å²) in [4.78, 5) is 12.5. The molecule has 1 N–H and O–H groups in total. The molecule has 0 aliphatic rings. The smallest absolute Gasteiger partial charge is 0.412 e. The second-order valence-corrected chi connectivity index (χ2v) is 1.55. The SMILES string of the molecule is O=c1[nH]cc(CCl)o1. The van der Waals surface area contributed by atoms with Gasteiger partial charge in [-0.3, -0.25) is 4.98 Å². The lowest BCUT2D eigenvalue weighted by molar-refractivity contribution is 0.484. The van der Waals surface area contributed by atoms with Gasteiger partial charge in [-0.05, 0) is 0 Å². The fraction of sp³-hybridized carbons (Fsp3) is 0.250. The average Bonchev–Trinajstić information content (AvgIpc) is 2.14. The molecule has 0 amide bonds. The van der Waals surface area contributed by atoms with Crippen LogP contribution in [0.5, 0.6) is 0 Å². The zero-order chi connectivity index (χ0) is 5.98. The van der Waals surface area contributed by atoms with Gasteiger partial charge < -0.3 is 4.42 Å². The third-order valence-electron chi connectivity index (χ3n) is 0.707. The first-order valence-corrected chi connectivity index (χ1v) is 2.60. The van der Waals surface area contributed by atoms with Crippen LogP contribution in [0.1, 0.15) is 5.76 Å². The van der Waals surface area contributed by atoms with Crippen molar-refractivity contribution in [1.82, 2.24) is 4.98 Å². The highest BCUT2D eigenvalue weighted by molar-refractivity contribution is 6.16. The molecule has 0 saturated heterocycles. The van der Waals surface area contributed by atoms with Crippen LogP contribution in [0.3, 0.4) is 0 Å². The molecule has 44 valence electrons. The maximum Gasteiger partial charge on any atom is 0.416 e. The van der Waals surface area contributed by atoms with E-state index in [4.69, 9.17) is 11.6 Å². The molecule has 1 rings (SSSR count). The van der Waals surface area contributed by atoms with E-state index in [1.165, 1.54) is 6.20 Å². The van der Waals surface area contributed by atoms with Crippen molar-refractivity contribution in [2.24, 2.45) is 0 Å². The van der Waals surface area contributed by atoms with Crippen LogP contribution in [0.15, 0.2) is 15.4 Å². The molecule has 1 aromatic rings. The number of rotatable bonds is 1. The predicted octanol–water partition coefficient (Wildman–Crippen LogP) is 0.707. The van der Waals surface area contributed by atoms with Crippen molar-refractivity contribution in [3.8, 4) is 0 Å².